The van der Waals surface area contributed by atoms with Gasteiger partial charge in [0.15, 0.2) is 0 Å². The van der Waals surface area contributed by atoms with Crippen LogP contribution in [0.3, 0.4) is 0 Å². The number of primary amides is 1. The first-order valence-corrected chi connectivity index (χ1v) is 5.07. The molecule has 0 spiro atoms. The van der Waals surface area contributed by atoms with Crippen LogP contribution in [-0.4, -0.2) is 26.0 Å². The molecular formula is C11H12N4O2. The third kappa shape index (κ3) is 2.67. The molecule has 6 heteroatoms. The van der Waals surface area contributed by atoms with Crippen molar-refractivity contribution in [1.29, 1.82) is 0 Å². The van der Waals surface area contributed by atoms with Gasteiger partial charge in [-0.1, -0.05) is 17.3 Å². The van der Waals surface area contributed by atoms with Gasteiger partial charge in [0.05, 0.1) is 19.3 Å². The second kappa shape index (κ2) is 4.75. The van der Waals surface area contributed by atoms with E-state index in [-0.39, 0.29) is 6.61 Å². The summed E-state index contributed by atoms with van der Waals surface area (Å²) in [4.78, 5) is 10.9. The van der Waals surface area contributed by atoms with Crippen LogP contribution in [0.25, 0.3) is 0 Å². The summed E-state index contributed by atoms with van der Waals surface area (Å²) in [6.45, 7) is 0.409. The zero-order valence-corrected chi connectivity index (χ0v) is 9.08. The highest BCUT2D eigenvalue weighted by Gasteiger charge is 2.02. The van der Waals surface area contributed by atoms with Gasteiger partial charge in [-0.2, -0.15) is 0 Å². The predicted molar refractivity (Wildman–Crippen MR) is 60.0 cm³/mol. The lowest BCUT2D eigenvalue weighted by Gasteiger charge is -2.01. The molecule has 2 aromatic rings. The average Bonchev–Trinajstić information content (AvgIpc) is 2.77. The zero-order chi connectivity index (χ0) is 12.3. The number of amides is 1. The van der Waals surface area contributed by atoms with Crippen LogP contribution in [0.4, 0.5) is 0 Å². The van der Waals surface area contributed by atoms with Crippen molar-refractivity contribution in [2.75, 3.05) is 0 Å². The van der Waals surface area contributed by atoms with Gasteiger partial charge in [0, 0.05) is 5.56 Å². The number of aliphatic hydroxyl groups excluding tert-OH is 1. The number of carbonyl (C=O) groups excluding carboxylic acids is 1. The fourth-order valence-corrected chi connectivity index (χ4v) is 1.45. The highest BCUT2D eigenvalue weighted by atomic mass is 16.3. The van der Waals surface area contributed by atoms with Crippen LogP contribution < -0.4 is 5.73 Å². The quantitative estimate of drug-likeness (QED) is 0.770. The van der Waals surface area contributed by atoms with Crippen molar-refractivity contribution in [3.63, 3.8) is 0 Å². The average molecular weight is 232 g/mol. The molecule has 0 aliphatic carbocycles. The molecule has 1 aromatic carbocycles. The fraction of sp³-hybridized carbons (Fsp3) is 0.182. The van der Waals surface area contributed by atoms with Crippen molar-refractivity contribution in [3.05, 3.63) is 47.3 Å². The van der Waals surface area contributed by atoms with Crippen molar-refractivity contribution in [3.8, 4) is 0 Å². The zero-order valence-electron chi connectivity index (χ0n) is 9.08. The van der Waals surface area contributed by atoms with E-state index in [1.54, 1.807) is 35.1 Å². The number of nitrogens with zero attached hydrogens (tertiary/aromatic N) is 3. The van der Waals surface area contributed by atoms with E-state index in [1.807, 2.05) is 0 Å². The molecule has 0 radical (unpaired) electrons. The fourth-order valence-electron chi connectivity index (χ4n) is 1.45. The lowest BCUT2D eigenvalue weighted by atomic mass is 10.1. The second-order valence-corrected chi connectivity index (χ2v) is 3.63. The van der Waals surface area contributed by atoms with Crippen molar-refractivity contribution >= 4 is 5.91 Å². The van der Waals surface area contributed by atoms with Crippen LogP contribution in [0.5, 0.6) is 0 Å². The molecule has 1 aromatic heterocycles. The predicted octanol–water partition coefficient (Wildman–Crippen LogP) is -0.0824. The summed E-state index contributed by atoms with van der Waals surface area (Å²) in [5.74, 6) is -0.445. The van der Waals surface area contributed by atoms with Crippen LogP contribution in [0.15, 0.2) is 30.5 Å². The van der Waals surface area contributed by atoms with E-state index >= 15 is 0 Å². The molecule has 0 atom stereocenters. The number of carbonyl (C=O) groups is 1. The maximum absolute atomic E-state index is 10.9. The molecule has 0 unspecified atom stereocenters. The first kappa shape index (κ1) is 11.3. The first-order valence-electron chi connectivity index (χ1n) is 5.07. The number of hydrogen-bond acceptors (Lipinski definition) is 4. The summed E-state index contributed by atoms with van der Waals surface area (Å²) in [6, 6.07) is 6.95. The minimum atomic E-state index is -0.445. The van der Waals surface area contributed by atoms with E-state index in [0.717, 1.165) is 5.56 Å². The molecule has 0 fully saturated rings. The van der Waals surface area contributed by atoms with Gasteiger partial charge in [-0.25, -0.2) is 4.68 Å². The van der Waals surface area contributed by atoms with Gasteiger partial charge in [-0.15, -0.1) is 5.10 Å². The van der Waals surface area contributed by atoms with Gasteiger partial charge >= 0.3 is 0 Å². The van der Waals surface area contributed by atoms with Crippen molar-refractivity contribution in [2.45, 2.75) is 13.2 Å². The number of aliphatic hydroxyl groups is 1. The Labute approximate surface area is 97.7 Å². The number of benzene rings is 1. The molecule has 0 saturated heterocycles. The Balaban J connectivity index is 2.10. The molecule has 3 N–H and O–H groups in total. The highest BCUT2D eigenvalue weighted by Crippen LogP contribution is 2.06. The largest absolute Gasteiger partial charge is 0.390 e. The van der Waals surface area contributed by atoms with Crippen LogP contribution in [0, 0.1) is 0 Å². The standard InChI is InChI=1S/C11H12N4O2/c12-11(17)9-3-1-8(2-4-9)5-15-6-10(7-16)13-14-15/h1-4,6,16H,5,7H2,(H2,12,17). The van der Waals surface area contributed by atoms with Gasteiger partial charge in [0.25, 0.3) is 0 Å². The Bertz CT molecular complexity index is 519. The van der Waals surface area contributed by atoms with Crippen LogP contribution in [0.2, 0.25) is 0 Å². The van der Waals surface area contributed by atoms with Crippen molar-refractivity contribution in [2.24, 2.45) is 5.73 Å². The van der Waals surface area contributed by atoms with Crippen LogP contribution in [-0.2, 0) is 13.2 Å². The van der Waals surface area contributed by atoms with Crippen molar-refractivity contribution in [1.82, 2.24) is 15.0 Å². The monoisotopic (exact) mass is 232 g/mol. The Morgan fingerprint density at radius 3 is 2.59 bits per heavy atom. The van der Waals surface area contributed by atoms with Crippen LogP contribution >= 0.6 is 0 Å². The summed E-state index contributed by atoms with van der Waals surface area (Å²) in [6.07, 6.45) is 1.67. The molecule has 1 amide bonds. The number of nitrogens with two attached hydrogens (primary N) is 1. The van der Waals surface area contributed by atoms with Crippen LogP contribution in [0.1, 0.15) is 21.6 Å². The summed E-state index contributed by atoms with van der Waals surface area (Å²) >= 11 is 0. The lowest BCUT2D eigenvalue weighted by Crippen LogP contribution is -2.10. The van der Waals surface area contributed by atoms with E-state index in [2.05, 4.69) is 10.3 Å². The molecular weight excluding hydrogens is 220 g/mol. The summed E-state index contributed by atoms with van der Waals surface area (Å²) in [5.41, 5.74) is 7.12. The molecule has 1 heterocycles. The van der Waals surface area contributed by atoms with E-state index in [9.17, 15) is 4.79 Å². The molecule has 0 saturated carbocycles. The van der Waals surface area contributed by atoms with E-state index < -0.39 is 5.91 Å². The Morgan fingerprint density at radius 1 is 1.35 bits per heavy atom. The molecule has 88 valence electrons. The minimum Gasteiger partial charge on any atom is -0.390 e. The van der Waals surface area contributed by atoms with E-state index in [4.69, 9.17) is 10.8 Å². The van der Waals surface area contributed by atoms with Crippen molar-refractivity contribution < 1.29 is 9.90 Å². The van der Waals surface area contributed by atoms with Gasteiger partial charge in [0.1, 0.15) is 5.69 Å². The third-order valence-corrected chi connectivity index (χ3v) is 2.33. The number of hydrogen-bond donors (Lipinski definition) is 2. The van der Waals surface area contributed by atoms with Gasteiger partial charge in [0.2, 0.25) is 5.91 Å². The highest BCUT2D eigenvalue weighted by molar-refractivity contribution is 5.92. The van der Waals surface area contributed by atoms with Gasteiger partial charge < -0.3 is 10.8 Å². The SMILES string of the molecule is NC(=O)c1ccc(Cn2cc(CO)nn2)cc1. The molecule has 0 bridgehead atoms. The molecule has 2 rings (SSSR count). The molecule has 0 aliphatic rings. The summed E-state index contributed by atoms with van der Waals surface area (Å²) < 4.78 is 1.62. The topological polar surface area (TPSA) is 94.0 Å². The molecule has 0 aliphatic heterocycles. The number of rotatable bonds is 4. The molecule has 17 heavy (non-hydrogen) atoms. The van der Waals surface area contributed by atoms with Gasteiger partial charge in [-0.05, 0) is 17.7 Å². The molecule has 6 nitrogen and oxygen atoms in total. The van der Waals surface area contributed by atoms with Gasteiger partial charge in [-0.3, -0.25) is 4.79 Å². The lowest BCUT2D eigenvalue weighted by molar-refractivity contribution is 0.100. The van der Waals surface area contributed by atoms with E-state index in [0.29, 0.717) is 17.8 Å². The number of aromatic nitrogens is 3. The normalized spacial score (nSPS) is 10.4. The Kier molecular flexibility index (Phi) is 3.15. The first-order chi connectivity index (χ1) is 8.19. The maximum atomic E-state index is 10.9. The second-order valence-electron chi connectivity index (χ2n) is 3.63. The maximum Gasteiger partial charge on any atom is 0.248 e. The van der Waals surface area contributed by atoms with E-state index in [1.165, 1.54) is 0 Å². The summed E-state index contributed by atoms with van der Waals surface area (Å²) in [7, 11) is 0. The Morgan fingerprint density at radius 2 is 2.06 bits per heavy atom. The Hall–Kier alpha value is -2.21. The third-order valence-electron chi connectivity index (χ3n) is 2.33. The smallest absolute Gasteiger partial charge is 0.248 e. The summed E-state index contributed by atoms with van der Waals surface area (Å²) in [5, 5.41) is 16.5. The minimum absolute atomic E-state index is 0.124.